The van der Waals surface area contributed by atoms with Gasteiger partial charge in [0, 0.05) is 85.7 Å². The Bertz CT molecular complexity index is 2220. The number of fused-ring (bicyclic) bond motifs is 8. The number of piperazine rings is 1. The largest absolute Gasteiger partial charge is 0.489 e. The Morgan fingerprint density at radius 3 is 2.58 bits per heavy atom. The number of rotatable bonds is 7. The first kappa shape index (κ1) is 36.3. The predicted molar refractivity (Wildman–Crippen MR) is 211 cm³/mol. The molecule has 2 aromatic carbocycles. The highest BCUT2D eigenvalue weighted by molar-refractivity contribution is 6.06. The molecule has 6 aliphatic rings. The summed E-state index contributed by atoms with van der Waals surface area (Å²) in [5, 5.41) is 3.54. The first-order chi connectivity index (χ1) is 27.7. The van der Waals surface area contributed by atoms with Crippen molar-refractivity contribution in [3.8, 4) is 5.75 Å². The summed E-state index contributed by atoms with van der Waals surface area (Å²) in [7, 11) is 0. The number of nitrogens with one attached hydrogen (secondary N) is 2. The Morgan fingerprint density at radius 1 is 0.947 bits per heavy atom. The van der Waals surface area contributed by atoms with E-state index in [2.05, 4.69) is 49.3 Å². The molecule has 0 aliphatic carbocycles. The number of benzene rings is 2. The number of anilines is 2. The van der Waals surface area contributed by atoms with Crippen LogP contribution in [-0.4, -0.2) is 119 Å². The predicted octanol–water partition coefficient (Wildman–Crippen LogP) is 4.72. The number of aromatic nitrogens is 2. The van der Waals surface area contributed by atoms with Gasteiger partial charge in [0.2, 0.25) is 11.8 Å². The zero-order valence-electron chi connectivity index (χ0n) is 32.1. The van der Waals surface area contributed by atoms with Crippen LogP contribution in [0.25, 0.3) is 10.9 Å². The van der Waals surface area contributed by atoms with Crippen LogP contribution in [-0.2, 0) is 22.6 Å². The maximum absolute atomic E-state index is 13.9. The summed E-state index contributed by atoms with van der Waals surface area (Å²) in [5.41, 5.74) is 6.59. The topological polar surface area (TPSA) is 117 Å². The summed E-state index contributed by atoms with van der Waals surface area (Å²) in [6, 6.07) is 15.4. The lowest BCUT2D eigenvalue weighted by Crippen LogP contribution is -2.58. The number of hydrogen-bond acceptors (Lipinski definition) is 9. The van der Waals surface area contributed by atoms with Crippen LogP contribution in [0.5, 0.6) is 5.75 Å². The van der Waals surface area contributed by atoms with E-state index in [1.807, 2.05) is 42.3 Å². The normalized spacial score (nSPS) is 25.7. The van der Waals surface area contributed by atoms with E-state index in [0.29, 0.717) is 31.1 Å². The van der Waals surface area contributed by atoms with Crippen molar-refractivity contribution in [3.63, 3.8) is 0 Å². The molecule has 3 fully saturated rings. The molecule has 12 nitrogen and oxygen atoms in total. The molecule has 2 N–H and O–H groups in total. The Morgan fingerprint density at radius 2 is 1.79 bits per heavy atom. The van der Waals surface area contributed by atoms with Gasteiger partial charge in [-0.15, -0.1) is 0 Å². The third kappa shape index (κ3) is 6.41. The SMILES string of the molecule is C[C@@H]1Cc2c([nH]c3ccccc23)[C@@H](c2ccc(N3CCC(CN4CCN5c6ccc7c(c6OC[C@@H]5C4)CN([C@H]4CCC(=O)NC4=O)C7=O)CC3)nc2)N1CC(F)F. The van der Waals surface area contributed by atoms with Crippen molar-refractivity contribution in [2.45, 2.75) is 76.2 Å². The minimum atomic E-state index is -2.43. The summed E-state index contributed by atoms with van der Waals surface area (Å²) >= 11 is 0. The van der Waals surface area contributed by atoms with Gasteiger partial charge in [0.05, 0.1) is 30.9 Å². The van der Waals surface area contributed by atoms with Crippen LogP contribution in [0.4, 0.5) is 20.3 Å². The number of alkyl halides is 2. The number of carbonyl (C=O) groups is 3. The lowest BCUT2D eigenvalue weighted by molar-refractivity contribution is -0.136. The quantitative estimate of drug-likeness (QED) is 0.257. The number of aromatic amines is 1. The van der Waals surface area contributed by atoms with Gasteiger partial charge in [-0.2, -0.15) is 0 Å². The van der Waals surface area contributed by atoms with Crippen LogP contribution in [0.15, 0.2) is 54.7 Å². The molecule has 4 atom stereocenters. The van der Waals surface area contributed by atoms with Gasteiger partial charge in [-0.1, -0.05) is 24.3 Å². The van der Waals surface area contributed by atoms with E-state index in [1.54, 1.807) is 4.90 Å². The van der Waals surface area contributed by atoms with Crippen LogP contribution in [0.1, 0.15) is 71.4 Å². The molecule has 0 unspecified atom stereocenters. The maximum Gasteiger partial charge on any atom is 0.255 e. The van der Waals surface area contributed by atoms with Gasteiger partial charge in [0.25, 0.3) is 12.3 Å². The van der Waals surface area contributed by atoms with Crippen molar-refractivity contribution in [3.05, 3.63) is 82.7 Å². The van der Waals surface area contributed by atoms with E-state index in [1.165, 1.54) is 5.56 Å². The fourth-order valence-electron chi connectivity index (χ4n) is 10.5. The molecule has 6 aliphatic heterocycles. The molecule has 2 aromatic heterocycles. The number of ether oxygens (including phenoxy) is 1. The van der Waals surface area contributed by atoms with Crippen molar-refractivity contribution >= 4 is 40.1 Å². The second-order valence-electron chi connectivity index (χ2n) is 16.7. The Kier molecular flexibility index (Phi) is 9.15. The highest BCUT2D eigenvalue weighted by atomic mass is 19.3. The first-order valence-corrected chi connectivity index (χ1v) is 20.5. The Labute approximate surface area is 330 Å². The molecule has 57 heavy (non-hydrogen) atoms. The van der Waals surface area contributed by atoms with E-state index in [4.69, 9.17) is 9.72 Å². The lowest BCUT2D eigenvalue weighted by Gasteiger charge is -2.47. The van der Waals surface area contributed by atoms with Crippen LogP contribution in [0.3, 0.4) is 0 Å². The summed E-state index contributed by atoms with van der Waals surface area (Å²) in [6.45, 7) is 8.18. The van der Waals surface area contributed by atoms with Gasteiger partial charge >= 0.3 is 0 Å². The zero-order chi connectivity index (χ0) is 38.9. The summed E-state index contributed by atoms with van der Waals surface area (Å²) in [6.07, 6.45) is 2.88. The minimum absolute atomic E-state index is 0.0357. The van der Waals surface area contributed by atoms with E-state index in [0.717, 1.165) is 104 Å². The zero-order valence-corrected chi connectivity index (χ0v) is 32.1. The highest BCUT2D eigenvalue weighted by Gasteiger charge is 2.43. The van der Waals surface area contributed by atoms with Crippen LogP contribution in [0.2, 0.25) is 0 Å². The number of para-hydroxylation sites is 1. The van der Waals surface area contributed by atoms with Gasteiger partial charge < -0.3 is 24.4 Å². The van der Waals surface area contributed by atoms with Gasteiger partial charge in [0.1, 0.15) is 24.2 Å². The molecule has 14 heteroatoms. The van der Waals surface area contributed by atoms with Crippen molar-refractivity contribution in [1.82, 2.24) is 30.0 Å². The van der Waals surface area contributed by atoms with E-state index in [9.17, 15) is 23.2 Å². The standard InChI is InChI=1S/C43H48F2N8O4/c1-25-18-31-29-4-2-3-5-33(29)47-39(31)40(52(25)23-36(44)45)27-6-10-37(46-19-27)50-14-12-26(13-15-50)20-49-16-17-51-28(21-49)24-57-41-32-22-53(35-9-11-38(54)48-42(35)55)43(56)30(32)7-8-34(41)51/h2-8,10,19,25-26,28,35-36,40,47H,9,11-18,20-24H2,1H3,(H,48,54,55)/t25-,28+,35+,40-/m1/s1. The molecule has 3 amide bonds. The minimum Gasteiger partial charge on any atom is -0.489 e. The number of carbonyl (C=O) groups excluding carboxylic acids is 3. The second-order valence-corrected chi connectivity index (χ2v) is 16.7. The molecular weight excluding hydrogens is 731 g/mol. The second kappa shape index (κ2) is 14.4. The van der Waals surface area contributed by atoms with Crippen LogP contribution in [0, 0.1) is 5.92 Å². The van der Waals surface area contributed by atoms with Crippen molar-refractivity contribution in [2.24, 2.45) is 5.92 Å². The first-order valence-electron chi connectivity index (χ1n) is 20.5. The van der Waals surface area contributed by atoms with Gasteiger partial charge in [-0.3, -0.25) is 29.5 Å². The molecule has 0 radical (unpaired) electrons. The van der Waals surface area contributed by atoms with Gasteiger partial charge in [-0.25, -0.2) is 13.8 Å². The molecule has 0 saturated carbocycles. The number of amides is 3. The molecule has 0 spiro atoms. The highest BCUT2D eigenvalue weighted by Crippen LogP contribution is 2.44. The third-order valence-corrected chi connectivity index (χ3v) is 13.3. The van der Waals surface area contributed by atoms with E-state index < -0.39 is 18.4 Å². The maximum atomic E-state index is 13.9. The molecule has 8 heterocycles. The van der Waals surface area contributed by atoms with Crippen molar-refractivity contribution in [2.75, 3.05) is 62.2 Å². The Hall–Kier alpha value is -5.08. The number of pyridine rings is 1. The van der Waals surface area contributed by atoms with Crippen LogP contribution < -0.4 is 19.9 Å². The van der Waals surface area contributed by atoms with Crippen LogP contribution >= 0.6 is 0 Å². The number of imide groups is 1. The van der Waals surface area contributed by atoms with Crippen molar-refractivity contribution in [1.29, 1.82) is 0 Å². The average Bonchev–Trinajstić information content (AvgIpc) is 3.75. The van der Waals surface area contributed by atoms with E-state index >= 15 is 0 Å². The van der Waals surface area contributed by atoms with E-state index in [-0.39, 0.29) is 42.9 Å². The van der Waals surface area contributed by atoms with Gasteiger partial charge in [0.15, 0.2) is 0 Å². The molecule has 4 aromatic rings. The molecule has 3 saturated heterocycles. The summed E-state index contributed by atoms with van der Waals surface area (Å²) in [5.74, 6) is 1.36. The fourth-order valence-corrected chi connectivity index (χ4v) is 10.5. The molecule has 0 bridgehead atoms. The molecular formula is C43H48F2N8O4. The summed E-state index contributed by atoms with van der Waals surface area (Å²) < 4.78 is 34.2. The third-order valence-electron chi connectivity index (χ3n) is 13.3. The molecule has 10 rings (SSSR count). The average molecular weight is 779 g/mol. The fraction of sp³-hybridized carbons (Fsp3) is 0.488. The number of hydrogen-bond donors (Lipinski definition) is 2. The number of piperidine rings is 2. The lowest BCUT2D eigenvalue weighted by atomic mass is 9.89. The number of nitrogens with zero attached hydrogens (tertiary/aromatic N) is 6. The van der Waals surface area contributed by atoms with Gasteiger partial charge in [-0.05, 0) is 73.9 Å². The summed E-state index contributed by atoms with van der Waals surface area (Å²) in [4.78, 5) is 57.0. The van der Waals surface area contributed by atoms with Crippen molar-refractivity contribution < 1.29 is 27.9 Å². The monoisotopic (exact) mass is 778 g/mol. The smallest absolute Gasteiger partial charge is 0.255 e. The Balaban J connectivity index is 0.762. The number of halogens is 2. The number of H-pyrrole nitrogens is 1. The molecule has 298 valence electrons.